The van der Waals surface area contributed by atoms with E-state index in [0.29, 0.717) is 10.8 Å². The van der Waals surface area contributed by atoms with Crippen LogP contribution in [0.2, 0.25) is 5.02 Å². The number of carbonyl (C=O) groups excluding carboxylic acids is 1. The summed E-state index contributed by atoms with van der Waals surface area (Å²) in [5.41, 5.74) is -0.586. The molecule has 1 heterocycles. The first-order chi connectivity index (χ1) is 9.79. The van der Waals surface area contributed by atoms with E-state index >= 15 is 0 Å². The van der Waals surface area contributed by atoms with E-state index in [-0.39, 0.29) is 10.6 Å². The van der Waals surface area contributed by atoms with Gasteiger partial charge in [-0.3, -0.25) is 9.89 Å². The maximum atomic E-state index is 12.6. The van der Waals surface area contributed by atoms with Gasteiger partial charge in [0.25, 0.3) is 6.23 Å². The zero-order valence-electron chi connectivity index (χ0n) is 12.0. The molecular weight excluding hydrogens is 310 g/mol. The molecule has 1 atom stereocenters. The Bertz CT molecular complexity index is 685. The van der Waals surface area contributed by atoms with E-state index in [2.05, 4.69) is 10.1 Å². The van der Waals surface area contributed by atoms with Crippen molar-refractivity contribution in [1.82, 2.24) is 14.8 Å². The molecule has 0 amide bonds. The Kier molecular flexibility index (Phi) is 4.49. The monoisotopic (exact) mass is 325 g/mol. The Morgan fingerprint density at radius 2 is 2.00 bits per heavy atom. The van der Waals surface area contributed by atoms with E-state index in [0.717, 1.165) is 0 Å². The molecule has 0 aliphatic rings. The van der Waals surface area contributed by atoms with E-state index in [1.54, 1.807) is 24.3 Å². The number of aromatic amines is 1. The summed E-state index contributed by atoms with van der Waals surface area (Å²) in [6, 6.07) is 6.79. The van der Waals surface area contributed by atoms with Crippen LogP contribution in [0.1, 0.15) is 27.0 Å². The van der Waals surface area contributed by atoms with Crippen LogP contribution < -0.4 is 4.74 Å². The second kappa shape index (κ2) is 5.99. The van der Waals surface area contributed by atoms with Gasteiger partial charge in [-0.05, 0) is 36.5 Å². The van der Waals surface area contributed by atoms with E-state index in [9.17, 15) is 4.79 Å². The van der Waals surface area contributed by atoms with Crippen molar-refractivity contribution in [3.63, 3.8) is 0 Å². The molecule has 1 aromatic carbocycles. The van der Waals surface area contributed by atoms with Gasteiger partial charge < -0.3 is 4.74 Å². The molecule has 0 fully saturated rings. The first-order valence-electron chi connectivity index (χ1n) is 6.37. The molecule has 1 unspecified atom stereocenters. The highest BCUT2D eigenvalue weighted by Crippen LogP contribution is 2.27. The highest BCUT2D eigenvalue weighted by Gasteiger charge is 2.33. The van der Waals surface area contributed by atoms with Gasteiger partial charge in [0.15, 0.2) is 0 Å². The minimum atomic E-state index is -0.902. The standard InChI is InChI=1S/C14H16ClN3O2S/c1-14(2,3)11(19)12(18-13(21)16-8-17-18)20-10-6-4-9(15)5-7-10/h4-8,12H,1-3H3,(H,16,17,21). The van der Waals surface area contributed by atoms with Gasteiger partial charge in [0.1, 0.15) is 12.1 Å². The number of nitrogens with one attached hydrogen (secondary N) is 1. The molecule has 0 spiro atoms. The van der Waals surface area contributed by atoms with Gasteiger partial charge in [-0.25, -0.2) is 9.67 Å². The van der Waals surface area contributed by atoms with Crippen LogP contribution in [-0.4, -0.2) is 20.5 Å². The van der Waals surface area contributed by atoms with Gasteiger partial charge in [0.2, 0.25) is 10.6 Å². The second-order valence-corrected chi connectivity index (χ2v) is 6.38. The highest BCUT2D eigenvalue weighted by molar-refractivity contribution is 7.71. The van der Waals surface area contributed by atoms with Crippen molar-refractivity contribution in [3.8, 4) is 5.75 Å². The van der Waals surface area contributed by atoms with Gasteiger partial charge in [-0.1, -0.05) is 32.4 Å². The molecule has 0 aliphatic heterocycles. The molecule has 1 N–H and O–H groups in total. The van der Waals surface area contributed by atoms with Gasteiger partial charge in [-0.2, -0.15) is 0 Å². The van der Waals surface area contributed by atoms with Crippen LogP contribution >= 0.6 is 23.8 Å². The fourth-order valence-electron chi connectivity index (χ4n) is 1.67. The largest absolute Gasteiger partial charge is 0.461 e. The molecule has 1 aromatic heterocycles. The Balaban J connectivity index is 2.37. The first kappa shape index (κ1) is 15.7. The predicted molar refractivity (Wildman–Crippen MR) is 83.0 cm³/mol. The average molecular weight is 326 g/mol. The molecule has 0 bridgehead atoms. The van der Waals surface area contributed by atoms with Crippen molar-refractivity contribution in [1.29, 1.82) is 0 Å². The third-order valence-electron chi connectivity index (χ3n) is 2.84. The maximum absolute atomic E-state index is 12.6. The van der Waals surface area contributed by atoms with Gasteiger partial charge in [-0.15, -0.1) is 0 Å². The lowest BCUT2D eigenvalue weighted by Gasteiger charge is -2.25. The fourth-order valence-corrected chi connectivity index (χ4v) is 1.99. The number of carbonyl (C=O) groups is 1. The maximum Gasteiger partial charge on any atom is 0.251 e. The third-order valence-corrected chi connectivity index (χ3v) is 3.39. The molecule has 2 rings (SSSR count). The number of Topliss-reactive ketones (excluding diaryl/α,β-unsaturated/α-hetero) is 1. The number of ketones is 1. The summed E-state index contributed by atoms with van der Waals surface area (Å²) >= 11 is 11.0. The van der Waals surface area contributed by atoms with Crippen LogP contribution in [0, 0.1) is 10.2 Å². The average Bonchev–Trinajstić information content (AvgIpc) is 2.82. The molecule has 5 nitrogen and oxygen atoms in total. The molecular formula is C14H16ClN3O2S. The smallest absolute Gasteiger partial charge is 0.251 e. The number of H-pyrrole nitrogens is 1. The summed E-state index contributed by atoms with van der Waals surface area (Å²) in [7, 11) is 0. The number of aromatic nitrogens is 3. The lowest BCUT2D eigenvalue weighted by atomic mass is 9.90. The normalized spacial score (nSPS) is 13.0. The van der Waals surface area contributed by atoms with Crippen molar-refractivity contribution >= 4 is 29.6 Å². The second-order valence-electron chi connectivity index (χ2n) is 5.58. The molecule has 0 saturated carbocycles. The van der Waals surface area contributed by atoms with Crippen LogP contribution in [0.4, 0.5) is 0 Å². The number of halogens is 1. The lowest BCUT2D eigenvalue weighted by molar-refractivity contribution is -0.138. The number of ether oxygens (including phenoxy) is 1. The van der Waals surface area contributed by atoms with Crippen LogP contribution in [0.25, 0.3) is 0 Å². The number of hydrogen-bond donors (Lipinski definition) is 1. The van der Waals surface area contributed by atoms with Crippen molar-refractivity contribution < 1.29 is 9.53 Å². The fraction of sp³-hybridized carbons (Fsp3) is 0.357. The summed E-state index contributed by atoms with van der Waals surface area (Å²) < 4.78 is 7.48. The van der Waals surface area contributed by atoms with Crippen molar-refractivity contribution in [2.75, 3.05) is 0 Å². The topological polar surface area (TPSA) is 59.9 Å². The van der Waals surface area contributed by atoms with E-state index < -0.39 is 11.6 Å². The Morgan fingerprint density at radius 3 is 2.48 bits per heavy atom. The van der Waals surface area contributed by atoms with Crippen molar-refractivity contribution in [3.05, 3.63) is 40.4 Å². The Labute approximate surface area is 132 Å². The molecule has 0 saturated heterocycles. The minimum absolute atomic E-state index is 0.113. The van der Waals surface area contributed by atoms with E-state index in [1.165, 1.54) is 11.0 Å². The quantitative estimate of drug-likeness (QED) is 0.869. The molecule has 0 aliphatic carbocycles. The van der Waals surface area contributed by atoms with Gasteiger partial charge in [0.05, 0.1) is 0 Å². The lowest BCUT2D eigenvalue weighted by Crippen LogP contribution is -2.34. The summed E-state index contributed by atoms with van der Waals surface area (Å²) in [5.74, 6) is 0.413. The minimum Gasteiger partial charge on any atom is -0.461 e. The van der Waals surface area contributed by atoms with Gasteiger partial charge >= 0.3 is 0 Å². The first-order valence-corrected chi connectivity index (χ1v) is 7.16. The summed E-state index contributed by atoms with van der Waals surface area (Å²) in [4.78, 5) is 16.5. The van der Waals surface area contributed by atoms with Crippen LogP contribution in [-0.2, 0) is 4.79 Å². The summed E-state index contributed by atoms with van der Waals surface area (Å²) in [5, 5.41) is 3.42. The third kappa shape index (κ3) is 3.71. The Hall–Kier alpha value is -1.66. The number of rotatable bonds is 4. The van der Waals surface area contributed by atoms with E-state index in [1.807, 2.05) is 20.8 Å². The number of hydrogen-bond acceptors (Lipinski definition) is 4. The molecule has 7 heteroatoms. The molecule has 112 valence electrons. The number of nitrogens with zero attached hydrogens (tertiary/aromatic N) is 2. The molecule has 0 radical (unpaired) electrons. The van der Waals surface area contributed by atoms with Gasteiger partial charge in [0, 0.05) is 10.4 Å². The van der Waals surface area contributed by atoms with Crippen LogP contribution in [0.5, 0.6) is 5.75 Å². The Morgan fingerprint density at radius 1 is 1.38 bits per heavy atom. The van der Waals surface area contributed by atoms with E-state index in [4.69, 9.17) is 28.6 Å². The summed E-state index contributed by atoms with van der Waals surface area (Å²) in [6.07, 6.45) is 0.525. The van der Waals surface area contributed by atoms with Crippen molar-refractivity contribution in [2.24, 2.45) is 5.41 Å². The number of benzene rings is 1. The summed E-state index contributed by atoms with van der Waals surface area (Å²) in [6.45, 7) is 5.48. The predicted octanol–water partition coefficient (Wildman–Crippen LogP) is 3.79. The highest BCUT2D eigenvalue weighted by atomic mass is 35.5. The van der Waals surface area contributed by atoms with Crippen LogP contribution in [0.15, 0.2) is 30.6 Å². The zero-order valence-corrected chi connectivity index (χ0v) is 13.5. The van der Waals surface area contributed by atoms with Crippen LogP contribution in [0.3, 0.4) is 0 Å². The molecule has 2 aromatic rings. The SMILES string of the molecule is CC(C)(C)C(=O)C(Oc1ccc(Cl)cc1)n1[nH]cnc1=S. The zero-order chi connectivity index (χ0) is 15.6. The molecule has 21 heavy (non-hydrogen) atoms. The van der Waals surface area contributed by atoms with Crippen molar-refractivity contribution in [2.45, 2.75) is 27.0 Å².